The van der Waals surface area contributed by atoms with E-state index in [1.165, 1.54) is 5.56 Å². The van der Waals surface area contributed by atoms with Gasteiger partial charge in [-0.2, -0.15) is 0 Å². The van der Waals surface area contributed by atoms with Crippen molar-refractivity contribution in [2.24, 2.45) is 0 Å². The first-order valence-corrected chi connectivity index (χ1v) is 12.9. The molecule has 0 N–H and O–H groups in total. The molecule has 0 saturated carbocycles. The van der Waals surface area contributed by atoms with Crippen LogP contribution in [0.4, 0.5) is 0 Å². The zero-order valence-electron chi connectivity index (χ0n) is 22.1. The summed E-state index contributed by atoms with van der Waals surface area (Å²) in [5.74, 6) is 1.34. The largest absolute Gasteiger partial charge is 0.494 e. The average Bonchev–Trinajstić information content (AvgIpc) is 3.28. The van der Waals surface area contributed by atoms with Gasteiger partial charge in [0.1, 0.15) is 17.1 Å². The lowest BCUT2D eigenvalue weighted by atomic mass is 9.85. The monoisotopic (exact) mass is 483 g/mol. The smallest absolute Gasteiger partial charge is 0.197 e. The first kappa shape index (κ1) is 25.7. The number of ketones is 1. The average molecular weight is 484 g/mol. The Hall–Kier alpha value is -3.37. The lowest BCUT2D eigenvalue weighted by molar-refractivity contribution is 0.104. The van der Waals surface area contributed by atoms with E-state index in [-0.39, 0.29) is 11.2 Å². The second-order valence-electron chi connectivity index (χ2n) is 10.2. The van der Waals surface area contributed by atoms with Crippen LogP contribution in [0.1, 0.15) is 62.5 Å². The van der Waals surface area contributed by atoms with Gasteiger partial charge >= 0.3 is 0 Å². The Kier molecular flexibility index (Phi) is 7.95. The summed E-state index contributed by atoms with van der Waals surface area (Å²) in [7, 11) is 0. The topological polar surface area (TPSA) is 42.7 Å². The molecule has 0 amide bonds. The Bertz CT molecular complexity index is 1310. The fraction of sp³-hybridized carbons (Fsp3) is 0.344. The third-order valence-corrected chi connectivity index (χ3v) is 6.71. The molecule has 188 valence electrons. The van der Waals surface area contributed by atoms with Gasteiger partial charge in [0.05, 0.1) is 12.2 Å². The molecule has 4 nitrogen and oxygen atoms in total. The highest BCUT2D eigenvalue weighted by Crippen LogP contribution is 2.37. The first-order valence-electron chi connectivity index (χ1n) is 12.9. The van der Waals surface area contributed by atoms with E-state index < -0.39 is 0 Å². The van der Waals surface area contributed by atoms with Gasteiger partial charge in [0, 0.05) is 23.1 Å². The molecule has 0 aliphatic heterocycles. The maximum Gasteiger partial charge on any atom is 0.197 e. The van der Waals surface area contributed by atoms with Gasteiger partial charge in [-0.05, 0) is 66.9 Å². The fourth-order valence-electron chi connectivity index (χ4n) is 4.47. The van der Waals surface area contributed by atoms with Crippen LogP contribution in [0.15, 0.2) is 77.2 Å². The Labute approximate surface area is 214 Å². The Morgan fingerprint density at radius 3 is 2.33 bits per heavy atom. The third kappa shape index (κ3) is 5.71. The van der Waals surface area contributed by atoms with Crippen LogP contribution in [0.2, 0.25) is 0 Å². The van der Waals surface area contributed by atoms with Gasteiger partial charge in [-0.1, -0.05) is 71.0 Å². The second-order valence-corrected chi connectivity index (χ2v) is 10.2. The van der Waals surface area contributed by atoms with E-state index in [0.29, 0.717) is 29.1 Å². The molecular formula is C32H37NO3. The van der Waals surface area contributed by atoms with Crippen molar-refractivity contribution < 1.29 is 13.9 Å². The number of fused-ring (bicyclic) bond motifs is 1. The van der Waals surface area contributed by atoms with E-state index in [0.717, 1.165) is 42.8 Å². The first-order chi connectivity index (χ1) is 17.3. The van der Waals surface area contributed by atoms with Crippen LogP contribution in [-0.2, 0) is 5.41 Å². The number of hydrogen-bond acceptors (Lipinski definition) is 4. The van der Waals surface area contributed by atoms with E-state index in [1.807, 2.05) is 60.7 Å². The summed E-state index contributed by atoms with van der Waals surface area (Å²) in [4.78, 5) is 16.2. The maximum absolute atomic E-state index is 13.8. The van der Waals surface area contributed by atoms with Crippen LogP contribution in [0, 0.1) is 0 Å². The highest BCUT2D eigenvalue weighted by Gasteiger charge is 2.24. The third-order valence-electron chi connectivity index (χ3n) is 6.71. The van der Waals surface area contributed by atoms with E-state index in [1.54, 1.807) is 0 Å². The zero-order chi connectivity index (χ0) is 25.7. The zero-order valence-corrected chi connectivity index (χ0v) is 22.1. The summed E-state index contributed by atoms with van der Waals surface area (Å²) >= 11 is 0. The van der Waals surface area contributed by atoms with Crippen LogP contribution in [-0.4, -0.2) is 36.9 Å². The summed E-state index contributed by atoms with van der Waals surface area (Å²) in [6.45, 7) is 14.7. The van der Waals surface area contributed by atoms with Crippen LogP contribution < -0.4 is 4.74 Å². The number of ether oxygens (including phenoxy) is 1. The summed E-state index contributed by atoms with van der Waals surface area (Å²) < 4.78 is 12.2. The molecule has 4 aromatic rings. The van der Waals surface area contributed by atoms with Crippen molar-refractivity contribution in [3.63, 3.8) is 0 Å². The minimum Gasteiger partial charge on any atom is -0.494 e. The van der Waals surface area contributed by atoms with Crippen molar-refractivity contribution in [3.05, 3.63) is 89.5 Å². The highest BCUT2D eigenvalue weighted by molar-refractivity contribution is 6.19. The van der Waals surface area contributed by atoms with Crippen molar-refractivity contribution in [2.45, 2.75) is 46.5 Å². The quantitative estimate of drug-likeness (QED) is 0.171. The van der Waals surface area contributed by atoms with Crippen molar-refractivity contribution in [1.82, 2.24) is 4.90 Å². The molecule has 4 heteroatoms. The molecular weight excluding hydrogens is 446 g/mol. The minimum absolute atomic E-state index is 0.00655. The number of furan rings is 1. The van der Waals surface area contributed by atoms with Crippen LogP contribution in [0.3, 0.4) is 0 Å². The van der Waals surface area contributed by atoms with Crippen LogP contribution in [0.5, 0.6) is 5.75 Å². The molecule has 3 aromatic carbocycles. The van der Waals surface area contributed by atoms with Crippen molar-refractivity contribution in [2.75, 3.05) is 26.2 Å². The summed E-state index contributed by atoms with van der Waals surface area (Å²) in [6, 6.07) is 23.5. The van der Waals surface area contributed by atoms with Gasteiger partial charge in [0.2, 0.25) is 0 Å². The van der Waals surface area contributed by atoms with Crippen LogP contribution >= 0.6 is 0 Å². The number of carbonyl (C=O) groups excluding carboxylic acids is 1. The van der Waals surface area contributed by atoms with Gasteiger partial charge in [-0.3, -0.25) is 4.79 Å². The number of rotatable bonds is 10. The minimum atomic E-state index is -0.0517. The van der Waals surface area contributed by atoms with E-state index in [9.17, 15) is 4.79 Å². The van der Waals surface area contributed by atoms with Crippen molar-refractivity contribution in [1.29, 1.82) is 0 Å². The predicted octanol–water partition coefficient (Wildman–Crippen LogP) is 7.74. The molecule has 0 saturated heterocycles. The number of benzene rings is 3. The normalized spacial score (nSPS) is 11.8. The van der Waals surface area contributed by atoms with Crippen LogP contribution in [0.25, 0.3) is 22.3 Å². The molecule has 0 aliphatic carbocycles. The summed E-state index contributed by atoms with van der Waals surface area (Å²) in [5.41, 5.74) is 4.03. The number of hydrogen-bond donors (Lipinski definition) is 0. The fourth-order valence-corrected chi connectivity index (χ4v) is 4.47. The predicted molar refractivity (Wildman–Crippen MR) is 148 cm³/mol. The molecule has 1 aromatic heterocycles. The molecule has 1 heterocycles. The van der Waals surface area contributed by atoms with Gasteiger partial charge in [-0.25, -0.2) is 0 Å². The van der Waals surface area contributed by atoms with Gasteiger partial charge < -0.3 is 14.1 Å². The van der Waals surface area contributed by atoms with Crippen molar-refractivity contribution in [3.8, 4) is 17.1 Å². The summed E-state index contributed by atoms with van der Waals surface area (Å²) in [6.07, 6.45) is 0.973. The number of nitrogens with zero attached hydrogens (tertiary/aromatic N) is 1. The second kappa shape index (κ2) is 11.1. The molecule has 0 radical (unpaired) electrons. The van der Waals surface area contributed by atoms with Gasteiger partial charge in [0.25, 0.3) is 0 Å². The number of para-hydroxylation sites is 1. The van der Waals surface area contributed by atoms with Crippen molar-refractivity contribution >= 4 is 16.8 Å². The van der Waals surface area contributed by atoms with E-state index in [4.69, 9.17) is 9.15 Å². The molecule has 4 rings (SSSR count). The molecule has 36 heavy (non-hydrogen) atoms. The Balaban J connectivity index is 1.60. The standard InChI is InChI=1S/C32H37NO3/c1-6-33(7-2)20-11-21-35-26-18-16-23(17-19-26)30(34)29-27-14-8-9-15-28(27)36-31(29)24-12-10-13-25(22-24)32(3,4)5/h8-10,12-19,22H,6-7,11,20-21H2,1-5H3. The number of carbonyl (C=O) groups is 1. The lowest BCUT2D eigenvalue weighted by Gasteiger charge is -2.19. The lowest BCUT2D eigenvalue weighted by Crippen LogP contribution is -2.25. The Morgan fingerprint density at radius 2 is 1.64 bits per heavy atom. The Morgan fingerprint density at radius 1 is 0.917 bits per heavy atom. The molecule has 0 unspecified atom stereocenters. The molecule has 0 aliphatic rings. The van der Waals surface area contributed by atoms with Gasteiger partial charge in [0.15, 0.2) is 5.78 Å². The maximum atomic E-state index is 13.8. The summed E-state index contributed by atoms with van der Waals surface area (Å²) in [5, 5.41) is 0.829. The highest BCUT2D eigenvalue weighted by atomic mass is 16.5. The SMILES string of the molecule is CCN(CC)CCCOc1ccc(C(=O)c2c(-c3cccc(C(C)(C)C)c3)oc3ccccc23)cc1. The molecule has 0 fully saturated rings. The van der Waals surface area contributed by atoms with E-state index in [2.05, 4.69) is 51.7 Å². The van der Waals surface area contributed by atoms with E-state index >= 15 is 0 Å². The molecule has 0 atom stereocenters. The molecule has 0 spiro atoms. The van der Waals surface area contributed by atoms with Gasteiger partial charge in [-0.15, -0.1) is 0 Å². The molecule has 0 bridgehead atoms.